The highest BCUT2D eigenvalue weighted by Crippen LogP contribution is 2.12. The lowest BCUT2D eigenvalue weighted by molar-refractivity contribution is 0.287. The van der Waals surface area contributed by atoms with Crippen molar-refractivity contribution in [3.05, 3.63) is 47.8 Å². The van der Waals surface area contributed by atoms with Crippen LogP contribution in [0.25, 0.3) is 0 Å². The van der Waals surface area contributed by atoms with Gasteiger partial charge in [-0.15, -0.1) is 0 Å². The van der Waals surface area contributed by atoms with Gasteiger partial charge in [0.1, 0.15) is 5.76 Å². The molecule has 0 saturated carbocycles. The second-order valence-electron chi connectivity index (χ2n) is 4.51. The fraction of sp³-hybridized carbons (Fsp3) is 0.429. The maximum atomic E-state index is 5.55. The number of nitrogens with zero attached hydrogens (tertiary/aromatic N) is 1. The molecule has 0 aromatic carbocycles. The van der Waals surface area contributed by atoms with Gasteiger partial charge in [0.15, 0.2) is 0 Å². The number of hydrogen-bond donors (Lipinski definition) is 1. The topological polar surface area (TPSA) is 41.6 Å². The van der Waals surface area contributed by atoms with Gasteiger partial charge in [0.25, 0.3) is 0 Å². The van der Waals surface area contributed by atoms with Gasteiger partial charge in [0.2, 0.25) is 0 Å². The molecule has 0 aliphatic carbocycles. The van der Waals surface area contributed by atoms with Gasteiger partial charge in [-0.3, -0.25) is 4.90 Å². The largest absolute Gasteiger partial charge is 0.472 e. The van der Waals surface area contributed by atoms with E-state index in [1.54, 1.807) is 12.5 Å². The zero-order valence-corrected chi connectivity index (χ0v) is 11.0. The molecule has 0 spiro atoms. The maximum absolute atomic E-state index is 5.55. The van der Waals surface area contributed by atoms with Crippen molar-refractivity contribution in [2.75, 3.05) is 13.6 Å². The van der Waals surface area contributed by atoms with Gasteiger partial charge in [-0.1, -0.05) is 6.92 Å². The average Bonchev–Trinajstić information content (AvgIpc) is 2.98. The van der Waals surface area contributed by atoms with E-state index in [9.17, 15) is 0 Å². The first-order valence-electron chi connectivity index (χ1n) is 6.24. The quantitative estimate of drug-likeness (QED) is 0.817. The van der Waals surface area contributed by atoms with Gasteiger partial charge in [-0.25, -0.2) is 0 Å². The number of hydrogen-bond acceptors (Lipinski definition) is 4. The van der Waals surface area contributed by atoms with Gasteiger partial charge in [0, 0.05) is 24.2 Å². The molecule has 2 aromatic rings. The first-order valence-corrected chi connectivity index (χ1v) is 6.24. The monoisotopic (exact) mass is 248 g/mol. The number of rotatable bonds is 7. The van der Waals surface area contributed by atoms with Crippen molar-refractivity contribution in [3.63, 3.8) is 0 Å². The van der Waals surface area contributed by atoms with E-state index in [4.69, 9.17) is 8.83 Å². The molecule has 0 aliphatic heterocycles. The fourth-order valence-corrected chi connectivity index (χ4v) is 1.89. The Morgan fingerprint density at radius 1 is 1.22 bits per heavy atom. The van der Waals surface area contributed by atoms with E-state index in [0.717, 1.165) is 31.9 Å². The van der Waals surface area contributed by atoms with E-state index in [-0.39, 0.29) is 0 Å². The Morgan fingerprint density at radius 2 is 2.11 bits per heavy atom. The van der Waals surface area contributed by atoms with Crippen LogP contribution in [-0.2, 0) is 19.6 Å². The van der Waals surface area contributed by atoms with Crippen LogP contribution in [0.4, 0.5) is 0 Å². The highest BCUT2D eigenvalue weighted by molar-refractivity contribution is 5.13. The second-order valence-corrected chi connectivity index (χ2v) is 4.51. The van der Waals surface area contributed by atoms with E-state index in [2.05, 4.69) is 30.3 Å². The van der Waals surface area contributed by atoms with Gasteiger partial charge in [-0.2, -0.15) is 0 Å². The van der Waals surface area contributed by atoms with Crippen molar-refractivity contribution in [3.8, 4) is 0 Å². The standard InChI is InChI=1S/C14H20N2O2/c1-3-15-7-13-6-14(18-11-13)9-16(2)8-12-4-5-17-10-12/h4-6,10-11,15H,3,7-9H2,1-2H3. The van der Waals surface area contributed by atoms with Gasteiger partial charge in [-0.05, 0) is 25.7 Å². The van der Waals surface area contributed by atoms with Gasteiger partial charge < -0.3 is 14.2 Å². The Bertz CT molecular complexity index is 448. The zero-order valence-electron chi connectivity index (χ0n) is 11.0. The van der Waals surface area contributed by atoms with Crippen LogP contribution in [0.2, 0.25) is 0 Å². The van der Waals surface area contributed by atoms with E-state index >= 15 is 0 Å². The fourth-order valence-electron chi connectivity index (χ4n) is 1.89. The van der Waals surface area contributed by atoms with Gasteiger partial charge in [0.05, 0.1) is 25.3 Å². The highest BCUT2D eigenvalue weighted by Gasteiger charge is 2.06. The summed E-state index contributed by atoms with van der Waals surface area (Å²) >= 11 is 0. The molecule has 0 amide bonds. The van der Waals surface area contributed by atoms with E-state index in [1.165, 1.54) is 11.1 Å². The third kappa shape index (κ3) is 3.75. The van der Waals surface area contributed by atoms with Crippen LogP contribution in [0.15, 0.2) is 39.8 Å². The molecule has 0 fully saturated rings. The minimum Gasteiger partial charge on any atom is -0.472 e. The predicted octanol–water partition coefficient (Wildman–Crippen LogP) is 2.61. The van der Waals surface area contributed by atoms with Crippen molar-refractivity contribution < 1.29 is 8.83 Å². The predicted molar refractivity (Wildman–Crippen MR) is 70.0 cm³/mol. The van der Waals surface area contributed by atoms with E-state index in [1.807, 2.05) is 12.3 Å². The first kappa shape index (κ1) is 12.9. The lowest BCUT2D eigenvalue weighted by Gasteiger charge is -2.13. The molecular formula is C14H20N2O2. The van der Waals surface area contributed by atoms with Crippen LogP contribution in [0.5, 0.6) is 0 Å². The third-order valence-corrected chi connectivity index (χ3v) is 2.75. The summed E-state index contributed by atoms with van der Waals surface area (Å²) in [5.41, 5.74) is 2.38. The van der Waals surface area contributed by atoms with Crippen LogP contribution in [0.1, 0.15) is 23.8 Å². The van der Waals surface area contributed by atoms with Crippen LogP contribution in [0, 0.1) is 0 Å². The minimum absolute atomic E-state index is 0.803. The summed E-state index contributed by atoms with van der Waals surface area (Å²) in [5.74, 6) is 0.994. The van der Waals surface area contributed by atoms with Crippen LogP contribution in [0.3, 0.4) is 0 Å². The lowest BCUT2D eigenvalue weighted by atomic mass is 10.3. The summed E-state index contributed by atoms with van der Waals surface area (Å²) in [6, 6.07) is 4.09. The summed E-state index contributed by atoms with van der Waals surface area (Å²) < 4.78 is 10.6. The van der Waals surface area contributed by atoms with Crippen molar-refractivity contribution >= 4 is 0 Å². The SMILES string of the molecule is CCNCc1coc(CN(C)Cc2ccoc2)c1. The van der Waals surface area contributed by atoms with Crippen molar-refractivity contribution in [1.29, 1.82) is 0 Å². The molecular weight excluding hydrogens is 228 g/mol. The Hall–Kier alpha value is -1.52. The Morgan fingerprint density at radius 3 is 2.83 bits per heavy atom. The number of furan rings is 2. The normalized spacial score (nSPS) is 11.3. The molecule has 2 rings (SSSR count). The van der Waals surface area contributed by atoms with E-state index in [0.29, 0.717) is 0 Å². The third-order valence-electron chi connectivity index (χ3n) is 2.75. The Labute approximate surface area is 108 Å². The molecule has 98 valence electrons. The molecule has 4 heteroatoms. The Kier molecular flexibility index (Phi) is 4.61. The summed E-state index contributed by atoms with van der Waals surface area (Å²) in [5, 5.41) is 3.28. The molecule has 4 nitrogen and oxygen atoms in total. The molecule has 0 saturated heterocycles. The smallest absolute Gasteiger partial charge is 0.118 e. The molecule has 2 aromatic heterocycles. The molecule has 2 heterocycles. The molecule has 0 radical (unpaired) electrons. The highest BCUT2D eigenvalue weighted by atomic mass is 16.3. The molecule has 0 bridgehead atoms. The maximum Gasteiger partial charge on any atom is 0.118 e. The summed E-state index contributed by atoms with van der Waals surface area (Å²) in [7, 11) is 2.07. The first-order chi connectivity index (χ1) is 8.78. The molecule has 0 unspecified atom stereocenters. The van der Waals surface area contributed by atoms with Crippen LogP contribution in [-0.4, -0.2) is 18.5 Å². The Balaban J connectivity index is 1.83. The summed E-state index contributed by atoms with van der Waals surface area (Å²) in [6.07, 6.45) is 5.30. The van der Waals surface area contributed by atoms with Crippen LogP contribution < -0.4 is 5.32 Å². The molecule has 1 N–H and O–H groups in total. The van der Waals surface area contributed by atoms with Crippen molar-refractivity contribution in [2.45, 2.75) is 26.6 Å². The molecule has 0 atom stereocenters. The zero-order chi connectivity index (χ0) is 12.8. The molecule has 18 heavy (non-hydrogen) atoms. The minimum atomic E-state index is 0.803. The van der Waals surface area contributed by atoms with Crippen LogP contribution >= 0.6 is 0 Å². The average molecular weight is 248 g/mol. The molecule has 0 aliphatic rings. The summed E-state index contributed by atoms with van der Waals surface area (Å²) in [4.78, 5) is 2.20. The van der Waals surface area contributed by atoms with Crippen molar-refractivity contribution in [1.82, 2.24) is 10.2 Å². The van der Waals surface area contributed by atoms with E-state index < -0.39 is 0 Å². The van der Waals surface area contributed by atoms with Gasteiger partial charge >= 0.3 is 0 Å². The van der Waals surface area contributed by atoms with Crippen molar-refractivity contribution in [2.24, 2.45) is 0 Å². The summed E-state index contributed by atoms with van der Waals surface area (Å²) in [6.45, 7) is 5.60. The lowest BCUT2D eigenvalue weighted by Crippen LogP contribution is -2.16. The number of nitrogens with one attached hydrogen (secondary N) is 1. The second kappa shape index (κ2) is 6.42.